The summed E-state index contributed by atoms with van der Waals surface area (Å²) in [5.41, 5.74) is 1.32. The van der Waals surface area contributed by atoms with Crippen molar-refractivity contribution in [3.8, 4) is 62.7 Å². The van der Waals surface area contributed by atoms with Crippen molar-refractivity contribution in [2.75, 3.05) is 0 Å². The van der Waals surface area contributed by atoms with Crippen LogP contribution < -0.4 is 0 Å². The molecule has 1 heterocycles. The van der Waals surface area contributed by atoms with Gasteiger partial charge in [-0.2, -0.15) is 0 Å². The van der Waals surface area contributed by atoms with E-state index in [0.717, 1.165) is 6.07 Å². The molecule has 37 heavy (non-hydrogen) atoms. The maximum atomic E-state index is 11.7. The van der Waals surface area contributed by atoms with E-state index < -0.39 is 35.0 Å². The number of rotatable bonds is 2. The van der Waals surface area contributed by atoms with Gasteiger partial charge in [0, 0.05) is 45.7 Å². The molecular weight excluding hydrogens is 480 g/mol. The number of benzene rings is 4. The Balaban J connectivity index is 1.80. The first-order valence-corrected chi connectivity index (χ1v) is 11.2. The summed E-state index contributed by atoms with van der Waals surface area (Å²) in [6, 6.07) is 13.5. The van der Waals surface area contributed by atoms with Gasteiger partial charge >= 0.3 is 0 Å². The Morgan fingerprint density at radius 3 is 2.05 bits per heavy atom. The molecule has 0 bridgehead atoms. The standard InChI is InChI=1S/C28H20O9/c29-13-4-1-11(2-5-13)21-23-18(33)10-19(34)27(36)24(23)25-22-15(26(21)35)8-14(30)9-20(22)37-28(25)12-3-6-16(31)17(32)7-12/h1-10,21,26,29-36H/t21-,26+/m0/s1. The molecular formula is C28H20O9. The summed E-state index contributed by atoms with van der Waals surface area (Å²) < 4.78 is 6.05. The third-order valence-electron chi connectivity index (χ3n) is 6.79. The molecule has 2 atom stereocenters. The first-order chi connectivity index (χ1) is 17.7. The van der Waals surface area contributed by atoms with E-state index in [1.165, 1.54) is 42.5 Å². The lowest BCUT2D eigenvalue weighted by Crippen LogP contribution is -2.12. The maximum absolute atomic E-state index is 11.7. The Kier molecular flexibility index (Phi) is 4.70. The van der Waals surface area contributed by atoms with Crippen LogP contribution in [0.15, 0.2) is 65.1 Å². The van der Waals surface area contributed by atoms with Gasteiger partial charge in [0.25, 0.3) is 0 Å². The van der Waals surface area contributed by atoms with Crippen molar-refractivity contribution in [3.05, 3.63) is 77.4 Å². The molecule has 0 aliphatic heterocycles. The number of aliphatic hydroxyl groups is 1. The van der Waals surface area contributed by atoms with Crippen molar-refractivity contribution in [1.29, 1.82) is 0 Å². The van der Waals surface area contributed by atoms with E-state index >= 15 is 0 Å². The molecule has 0 saturated heterocycles. The van der Waals surface area contributed by atoms with E-state index in [1.54, 1.807) is 12.1 Å². The lowest BCUT2D eigenvalue weighted by Gasteiger charge is -2.26. The predicted molar refractivity (Wildman–Crippen MR) is 132 cm³/mol. The highest BCUT2D eigenvalue weighted by atomic mass is 16.3. The molecule has 9 heteroatoms. The monoisotopic (exact) mass is 500 g/mol. The molecule has 9 nitrogen and oxygen atoms in total. The van der Waals surface area contributed by atoms with Crippen LogP contribution in [-0.2, 0) is 0 Å². The van der Waals surface area contributed by atoms with Gasteiger partial charge in [-0.05, 0) is 47.5 Å². The van der Waals surface area contributed by atoms with Crippen molar-refractivity contribution in [2.24, 2.45) is 0 Å². The number of fused-ring (bicyclic) bond motifs is 2. The normalized spacial score (nSPS) is 16.5. The van der Waals surface area contributed by atoms with E-state index in [-0.39, 0.29) is 56.4 Å². The SMILES string of the molecule is Oc1ccc([C@H]2c3c(O)cc(O)c(O)c3-c3c(-c4ccc(O)c(O)c4)oc4cc(O)cc(c34)[C@H]2O)cc1. The number of hydrogen-bond acceptors (Lipinski definition) is 9. The minimum absolute atomic E-state index is 0.0188. The zero-order chi connectivity index (χ0) is 26.2. The topological polar surface area (TPSA) is 175 Å². The van der Waals surface area contributed by atoms with Crippen molar-refractivity contribution < 1.29 is 45.3 Å². The van der Waals surface area contributed by atoms with Gasteiger partial charge in [0.15, 0.2) is 23.0 Å². The zero-order valence-electron chi connectivity index (χ0n) is 18.9. The van der Waals surface area contributed by atoms with Crippen molar-refractivity contribution in [3.63, 3.8) is 0 Å². The average molecular weight is 500 g/mol. The molecule has 0 amide bonds. The first kappa shape index (κ1) is 22.4. The number of phenols is 7. The lowest BCUT2D eigenvalue weighted by molar-refractivity contribution is 0.159. The van der Waals surface area contributed by atoms with Crippen LogP contribution in [0.1, 0.15) is 28.7 Å². The molecule has 8 N–H and O–H groups in total. The van der Waals surface area contributed by atoms with E-state index in [9.17, 15) is 40.9 Å². The van der Waals surface area contributed by atoms with Crippen LogP contribution in [0.25, 0.3) is 33.4 Å². The summed E-state index contributed by atoms with van der Waals surface area (Å²) in [6.45, 7) is 0. The van der Waals surface area contributed by atoms with Gasteiger partial charge in [0.05, 0.1) is 6.10 Å². The predicted octanol–water partition coefficient (Wildman–Crippen LogP) is 4.88. The Bertz CT molecular complexity index is 1720. The summed E-state index contributed by atoms with van der Waals surface area (Å²) in [4.78, 5) is 0. The van der Waals surface area contributed by atoms with Gasteiger partial charge in [-0.25, -0.2) is 0 Å². The molecule has 0 unspecified atom stereocenters. The summed E-state index contributed by atoms with van der Waals surface area (Å²) in [5.74, 6) is -3.60. The maximum Gasteiger partial charge on any atom is 0.166 e. The van der Waals surface area contributed by atoms with Crippen LogP contribution in [0.4, 0.5) is 0 Å². The van der Waals surface area contributed by atoms with Crippen LogP contribution in [-0.4, -0.2) is 40.9 Å². The van der Waals surface area contributed by atoms with Gasteiger partial charge in [-0.15, -0.1) is 0 Å². The van der Waals surface area contributed by atoms with E-state index in [1.807, 2.05) is 0 Å². The van der Waals surface area contributed by atoms with Gasteiger partial charge in [-0.1, -0.05) is 12.1 Å². The second-order valence-corrected chi connectivity index (χ2v) is 8.98. The van der Waals surface area contributed by atoms with Crippen LogP contribution in [0.2, 0.25) is 0 Å². The number of aliphatic hydroxyl groups excluding tert-OH is 1. The van der Waals surface area contributed by atoms with Crippen LogP contribution in [0.3, 0.4) is 0 Å². The molecule has 0 spiro atoms. The Morgan fingerprint density at radius 2 is 1.35 bits per heavy atom. The number of hydrogen-bond donors (Lipinski definition) is 8. The molecule has 1 aliphatic carbocycles. The molecule has 1 aromatic heterocycles. The quantitative estimate of drug-likeness (QED) is 0.124. The van der Waals surface area contributed by atoms with Crippen molar-refractivity contribution >= 4 is 11.0 Å². The Labute approximate surface area is 208 Å². The van der Waals surface area contributed by atoms with E-state index in [2.05, 4.69) is 0 Å². The third kappa shape index (κ3) is 3.21. The van der Waals surface area contributed by atoms with Gasteiger partial charge in [0.2, 0.25) is 0 Å². The smallest absolute Gasteiger partial charge is 0.166 e. The summed E-state index contributed by atoms with van der Waals surface area (Å²) in [6.07, 6.45) is -1.38. The number of furan rings is 1. The second kappa shape index (κ2) is 7.74. The molecule has 1 aliphatic rings. The highest BCUT2D eigenvalue weighted by Gasteiger charge is 2.40. The fraction of sp³-hybridized carbons (Fsp3) is 0.0714. The zero-order valence-corrected chi connectivity index (χ0v) is 18.9. The average Bonchev–Trinajstić information content (AvgIpc) is 3.18. The molecule has 4 aromatic carbocycles. The molecule has 0 fully saturated rings. The van der Waals surface area contributed by atoms with Gasteiger partial charge in [-0.3, -0.25) is 0 Å². The van der Waals surface area contributed by atoms with Gasteiger partial charge in [0.1, 0.15) is 28.6 Å². The fourth-order valence-corrected chi connectivity index (χ4v) is 5.18. The lowest BCUT2D eigenvalue weighted by atomic mass is 9.81. The largest absolute Gasteiger partial charge is 0.508 e. The molecule has 6 rings (SSSR count). The number of aromatic hydroxyl groups is 7. The summed E-state index contributed by atoms with van der Waals surface area (Å²) in [7, 11) is 0. The third-order valence-corrected chi connectivity index (χ3v) is 6.79. The van der Waals surface area contributed by atoms with Crippen LogP contribution in [0, 0.1) is 0 Å². The Hall–Kier alpha value is -5.02. The van der Waals surface area contributed by atoms with E-state index in [0.29, 0.717) is 10.9 Å². The second-order valence-electron chi connectivity index (χ2n) is 8.98. The summed E-state index contributed by atoms with van der Waals surface area (Å²) >= 11 is 0. The Morgan fingerprint density at radius 1 is 0.622 bits per heavy atom. The van der Waals surface area contributed by atoms with Crippen LogP contribution in [0.5, 0.6) is 40.2 Å². The van der Waals surface area contributed by atoms with Crippen LogP contribution >= 0.6 is 0 Å². The van der Waals surface area contributed by atoms with Crippen molar-refractivity contribution in [1.82, 2.24) is 0 Å². The number of phenolic OH excluding ortho intramolecular Hbond substituents is 7. The highest BCUT2D eigenvalue weighted by molar-refractivity contribution is 6.08. The first-order valence-electron chi connectivity index (χ1n) is 11.2. The fourth-order valence-electron chi connectivity index (χ4n) is 5.18. The minimum atomic E-state index is -1.38. The van der Waals surface area contributed by atoms with Gasteiger partial charge < -0.3 is 45.3 Å². The molecule has 0 radical (unpaired) electrons. The minimum Gasteiger partial charge on any atom is -0.508 e. The van der Waals surface area contributed by atoms with Crippen molar-refractivity contribution in [2.45, 2.75) is 12.0 Å². The molecule has 0 saturated carbocycles. The molecule has 186 valence electrons. The summed E-state index contributed by atoms with van der Waals surface area (Å²) in [5, 5.41) is 85.0. The molecule has 5 aromatic rings. The van der Waals surface area contributed by atoms with E-state index in [4.69, 9.17) is 4.42 Å². The highest BCUT2D eigenvalue weighted by Crippen LogP contribution is 2.59.